The van der Waals surface area contributed by atoms with Crippen molar-refractivity contribution in [3.63, 3.8) is 0 Å². The van der Waals surface area contributed by atoms with E-state index < -0.39 is 23.3 Å². The molecular formula is C20H10NaO6+. The molecule has 126 valence electrons. The Kier molecular flexibility index (Phi) is 4.26. The number of furan rings is 1. The first-order valence-electron chi connectivity index (χ1n) is 7.94. The first-order valence-corrected chi connectivity index (χ1v) is 7.94. The Morgan fingerprint density at radius 1 is 0.815 bits per heavy atom. The van der Waals surface area contributed by atoms with Gasteiger partial charge in [0, 0.05) is 0 Å². The van der Waals surface area contributed by atoms with Gasteiger partial charge in [-0.3, -0.25) is 9.59 Å². The third-order valence-electron chi connectivity index (χ3n) is 4.45. The number of carbonyl (C=O) groups excluding carboxylic acids is 2. The summed E-state index contributed by atoms with van der Waals surface area (Å²) in [5.41, 5.74) is 0.361. The van der Waals surface area contributed by atoms with Crippen LogP contribution in [0.25, 0.3) is 21.9 Å². The van der Waals surface area contributed by atoms with Crippen LogP contribution in [0.4, 0.5) is 0 Å². The van der Waals surface area contributed by atoms with E-state index in [0.29, 0.717) is 16.5 Å². The normalized spacial score (nSPS) is 16.1. The molecule has 0 amide bonds. The summed E-state index contributed by atoms with van der Waals surface area (Å²) in [4.78, 5) is 37.4. The molecule has 0 fully saturated rings. The van der Waals surface area contributed by atoms with Crippen LogP contribution in [0.5, 0.6) is 5.75 Å². The summed E-state index contributed by atoms with van der Waals surface area (Å²) in [6.07, 6.45) is 0. The van der Waals surface area contributed by atoms with Crippen molar-refractivity contribution < 1.29 is 52.7 Å². The van der Waals surface area contributed by atoms with Crippen molar-refractivity contribution in [2.24, 2.45) is 0 Å². The topological polar surface area (TPSA) is 86.7 Å². The molecule has 5 rings (SSSR count). The summed E-state index contributed by atoms with van der Waals surface area (Å²) < 4.78 is 16.3. The zero-order valence-corrected chi connectivity index (χ0v) is 16.2. The molecule has 4 aromatic rings. The summed E-state index contributed by atoms with van der Waals surface area (Å²) in [5.74, 6) is -2.13. The minimum atomic E-state index is -1.25. The molecule has 0 saturated carbocycles. The molecule has 1 aliphatic rings. The second kappa shape index (κ2) is 6.49. The Bertz CT molecular complexity index is 1280. The van der Waals surface area contributed by atoms with Crippen LogP contribution < -0.4 is 39.9 Å². The Labute approximate surface area is 174 Å². The first-order chi connectivity index (χ1) is 12.6. The molecule has 1 atom stereocenters. The van der Waals surface area contributed by atoms with E-state index in [1.54, 1.807) is 48.5 Å². The monoisotopic (exact) mass is 369 g/mol. The number of carbonyl (C=O) groups is 2. The number of para-hydroxylation sites is 2. The number of benzene rings is 2. The minimum Gasteiger partial charge on any atom is -0.459 e. The molecule has 7 heteroatoms. The molecule has 3 heterocycles. The van der Waals surface area contributed by atoms with Gasteiger partial charge in [0.25, 0.3) is 0 Å². The van der Waals surface area contributed by atoms with E-state index in [-0.39, 0.29) is 52.0 Å². The molecule has 0 radical (unpaired) electrons. The van der Waals surface area contributed by atoms with E-state index in [1.807, 2.05) is 0 Å². The van der Waals surface area contributed by atoms with E-state index in [1.165, 1.54) is 6.07 Å². The van der Waals surface area contributed by atoms with Crippen LogP contribution in [0.2, 0.25) is 0 Å². The third kappa shape index (κ3) is 2.65. The second-order valence-electron chi connectivity index (χ2n) is 5.99. The van der Waals surface area contributed by atoms with Crippen molar-refractivity contribution in [3.05, 3.63) is 76.3 Å². The number of fused-ring (bicyclic) bond motifs is 4. The average molecular weight is 369 g/mol. The molecule has 2 aromatic heterocycles. The van der Waals surface area contributed by atoms with E-state index in [9.17, 15) is 14.4 Å². The van der Waals surface area contributed by atoms with Gasteiger partial charge in [-0.15, -0.1) is 0 Å². The molecule has 0 spiro atoms. The van der Waals surface area contributed by atoms with Gasteiger partial charge in [0.2, 0.25) is 0 Å². The van der Waals surface area contributed by atoms with Crippen LogP contribution in [-0.2, 0) is 4.79 Å². The molecule has 1 unspecified atom stereocenters. The molecule has 1 aliphatic heterocycles. The van der Waals surface area contributed by atoms with E-state index in [2.05, 4.69) is 0 Å². The predicted molar refractivity (Wildman–Crippen MR) is 91.4 cm³/mol. The molecule has 0 aliphatic carbocycles. The minimum absolute atomic E-state index is 0. The smallest absolute Gasteiger partial charge is 0.459 e. The van der Waals surface area contributed by atoms with E-state index >= 15 is 0 Å². The number of ether oxygens (including phenoxy) is 1. The van der Waals surface area contributed by atoms with Crippen LogP contribution in [0.15, 0.2) is 68.2 Å². The number of hydrogen-bond acceptors (Lipinski definition) is 6. The van der Waals surface area contributed by atoms with Crippen molar-refractivity contribution in [3.8, 4) is 5.75 Å². The Balaban J connectivity index is 0.00000180. The summed E-state index contributed by atoms with van der Waals surface area (Å²) in [6.45, 7) is 0. The summed E-state index contributed by atoms with van der Waals surface area (Å²) in [5, 5.41) is 0.767. The van der Waals surface area contributed by atoms with Gasteiger partial charge < -0.3 is 13.6 Å². The van der Waals surface area contributed by atoms with Gasteiger partial charge in [0.1, 0.15) is 22.5 Å². The molecule has 2 aromatic carbocycles. The van der Waals surface area contributed by atoms with Crippen molar-refractivity contribution >= 4 is 33.7 Å². The summed E-state index contributed by atoms with van der Waals surface area (Å²) >= 11 is 0. The van der Waals surface area contributed by atoms with Crippen molar-refractivity contribution in [1.82, 2.24) is 0 Å². The fourth-order valence-electron chi connectivity index (χ4n) is 3.24. The van der Waals surface area contributed by atoms with Crippen molar-refractivity contribution in [2.75, 3.05) is 0 Å². The Morgan fingerprint density at radius 2 is 1.56 bits per heavy atom. The molecule has 0 bridgehead atoms. The number of hydrogen-bond donors (Lipinski definition) is 0. The Hall–Kier alpha value is -2.67. The third-order valence-corrected chi connectivity index (χ3v) is 4.45. The molecule has 6 nitrogen and oxygen atoms in total. The van der Waals surface area contributed by atoms with Crippen LogP contribution >= 0.6 is 0 Å². The number of esters is 1. The van der Waals surface area contributed by atoms with Crippen LogP contribution in [0, 0.1) is 0 Å². The van der Waals surface area contributed by atoms with Gasteiger partial charge >= 0.3 is 41.2 Å². The average Bonchev–Trinajstić information content (AvgIpc) is 3.08. The number of Topliss-reactive ketones (excluding diaryl/α,β-unsaturated/α-hetero) is 1. The summed E-state index contributed by atoms with van der Waals surface area (Å²) in [6, 6.07) is 14.8. The largest absolute Gasteiger partial charge is 1.00 e. The van der Waals surface area contributed by atoms with Crippen LogP contribution in [0.1, 0.15) is 22.0 Å². The maximum absolute atomic E-state index is 12.8. The quantitative estimate of drug-likeness (QED) is 0.159. The summed E-state index contributed by atoms with van der Waals surface area (Å²) in [7, 11) is 0. The SMILES string of the molecule is O=C1Oc2ccccc2C(=O)C1c1cc2c(=O)oc3ccccc3c2o1.[Na+]. The predicted octanol–water partition coefficient (Wildman–Crippen LogP) is 0.429. The molecule has 0 saturated heterocycles. The van der Waals surface area contributed by atoms with Gasteiger partial charge in [0.15, 0.2) is 17.3 Å². The maximum Gasteiger partial charge on any atom is 1.00 e. The standard InChI is InChI=1S/C20H10O6.Na/c21-17-10-5-1-3-7-13(10)26-20(23)16(17)15-9-12-18(24-15)11-6-2-4-8-14(11)25-19(12)22;/h1-9,16H;/q;+1. The van der Waals surface area contributed by atoms with Gasteiger partial charge in [0.05, 0.1) is 10.9 Å². The van der Waals surface area contributed by atoms with Crippen LogP contribution in [0.3, 0.4) is 0 Å². The fourth-order valence-corrected chi connectivity index (χ4v) is 3.24. The van der Waals surface area contributed by atoms with Gasteiger partial charge in [-0.1, -0.05) is 24.3 Å². The number of ketones is 1. The fraction of sp³-hybridized carbons (Fsp3) is 0.0500. The maximum atomic E-state index is 12.8. The molecule has 27 heavy (non-hydrogen) atoms. The van der Waals surface area contributed by atoms with Crippen LogP contribution in [-0.4, -0.2) is 11.8 Å². The van der Waals surface area contributed by atoms with Gasteiger partial charge in [-0.05, 0) is 30.3 Å². The molecular weight excluding hydrogens is 359 g/mol. The van der Waals surface area contributed by atoms with Crippen molar-refractivity contribution in [2.45, 2.75) is 5.92 Å². The number of rotatable bonds is 1. The van der Waals surface area contributed by atoms with E-state index in [0.717, 1.165) is 0 Å². The first kappa shape index (κ1) is 17.7. The Morgan fingerprint density at radius 3 is 2.41 bits per heavy atom. The zero-order chi connectivity index (χ0) is 17.8. The molecule has 0 N–H and O–H groups in total. The van der Waals surface area contributed by atoms with Crippen molar-refractivity contribution in [1.29, 1.82) is 0 Å². The zero-order valence-electron chi connectivity index (χ0n) is 14.2. The van der Waals surface area contributed by atoms with Gasteiger partial charge in [-0.2, -0.15) is 0 Å². The van der Waals surface area contributed by atoms with Gasteiger partial charge in [-0.25, -0.2) is 4.79 Å². The second-order valence-corrected chi connectivity index (χ2v) is 5.99. The van der Waals surface area contributed by atoms with E-state index in [4.69, 9.17) is 13.6 Å².